The van der Waals surface area contributed by atoms with Gasteiger partial charge in [0.15, 0.2) is 11.6 Å². The molecule has 1 saturated carbocycles. The van der Waals surface area contributed by atoms with E-state index in [9.17, 15) is 13.6 Å². The van der Waals surface area contributed by atoms with E-state index >= 15 is 0 Å². The molecular formula is C25H30F2O4. The summed E-state index contributed by atoms with van der Waals surface area (Å²) in [6.07, 6.45) is 8.90. The predicted molar refractivity (Wildman–Crippen MR) is 115 cm³/mol. The smallest absolute Gasteiger partial charge is 0.346 e. The fourth-order valence-electron chi connectivity index (χ4n) is 3.67. The molecule has 3 rings (SSSR count). The van der Waals surface area contributed by atoms with Crippen molar-refractivity contribution in [2.75, 3.05) is 13.2 Å². The molecule has 31 heavy (non-hydrogen) atoms. The summed E-state index contributed by atoms with van der Waals surface area (Å²) in [6.45, 7) is 3.01. The van der Waals surface area contributed by atoms with Gasteiger partial charge in [-0.3, -0.25) is 0 Å². The zero-order valence-electron chi connectivity index (χ0n) is 18.0. The van der Waals surface area contributed by atoms with Crippen LogP contribution >= 0.6 is 0 Å². The first-order chi connectivity index (χ1) is 15.1. The molecule has 2 aromatic carbocycles. The number of rotatable bonds is 10. The van der Waals surface area contributed by atoms with Crippen LogP contribution in [0.15, 0.2) is 36.4 Å². The standard InChI is InChI=1S/C25H30F2O4/c1-2-3-7-16-29-22-15-14-21(23(26)24(22)27)25(28)31-20-12-10-19(11-13-20)30-17-18-8-5-4-6-9-18/h10-15,18H,2-9,16-17H2,1H3. The summed E-state index contributed by atoms with van der Waals surface area (Å²) in [5.41, 5.74) is -0.476. The van der Waals surface area contributed by atoms with E-state index < -0.39 is 23.2 Å². The number of hydrogen-bond acceptors (Lipinski definition) is 4. The van der Waals surface area contributed by atoms with Gasteiger partial charge in [-0.2, -0.15) is 4.39 Å². The van der Waals surface area contributed by atoms with Crippen molar-refractivity contribution in [2.24, 2.45) is 5.92 Å². The van der Waals surface area contributed by atoms with Gasteiger partial charge in [-0.15, -0.1) is 0 Å². The molecule has 4 nitrogen and oxygen atoms in total. The fraction of sp³-hybridized carbons (Fsp3) is 0.480. The van der Waals surface area contributed by atoms with Crippen molar-refractivity contribution in [3.8, 4) is 17.2 Å². The topological polar surface area (TPSA) is 44.8 Å². The maximum Gasteiger partial charge on any atom is 0.346 e. The SMILES string of the molecule is CCCCCOc1ccc(C(=O)Oc2ccc(OCC3CCCCC3)cc2)c(F)c1F. The summed E-state index contributed by atoms with van der Waals surface area (Å²) in [5.74, 6) is -2.12. The van der Waals surface area contributed by atoms with Crippen molar-refractivity contribution in [3.05, 3.63) is 53.6 Å². The first-order valence-corrected chi connectivity index (χ1v) is 11.1. The Kier molecular flexibility index (Phi) is 8.68. The number of unbranched alkanes of at least 4 members (excludes halogenated alkanes) is 2. The lowest BCUT2D eigenvalue weighted by molar-refractivity contribution is 0.0728. The van der Waals surface area contributed by atoms with Crippen LogP contribution in [-0.2, 0) is 0 Å². The quantitative estimate of drug-likeness (QED) is 0.238. The number of carbonyl (C=O) groups excluding carboxylic acids is 1. The van der Waals surface area contributed by atoms with Crippen LogP contribution in [0.5, 0.6) is 17.2 Å². The molecule has 0 bridgehead atoms. The average molecular weight is 433 g/mol. The molecule has 2 aromatic rings. The van der Waals surface area contributed by atoms with Crippen LogP contribution in [0.4, 0.5) is 8.78 Å². The normalized spacial score (nSPS) is 14.3. The van der Waals surface area contributed by atoms with Gasteiger partial charge in [-0.25, -0.2) is 9.18 Å². The van der Waals surface area contributed by atoms with Gasteiger partial charge in [0.1, 0.15) is 11.5 Å². The minimum Gasteiger partial charge on any atom is -0.493 e. The molecule has 0 aromatic heterocycles. The third kappa shape index (κ3) is 6.68. The summed E-state index contributed by atoms with van der Waals surface area (Å²) in [7, 11) is 0. The zero-order valence-corrected chi connectivity index (χ0v) is 18.0. The second kappa shape index (κ2) is 11.7. The molecule has 0 radical (unpaired) electrons. The van der Waals surface area contributed by atoms with Crippen LogP contribution in [0.3, 0.4) is 0 Å². The van der Waals surface area contributed by atoms with Gasteiger partial charge in [0.2, 0.25) is 5.82 Å². The van der Waals surface area contributed by atoms with E-state index in [1.165, 1.54) is 44.2 Å². The predicted octanol–water partition coefficient (Wildman–Crippen LogP) is 6.71. The van der Waals surface area contributed by atoms with Gasteiger partial charge >= 0.3 is 5.97 Å². The maximum atomic E-state index is 14.4. The molecule has 0 heterocycles. The Labute approximate surface area is 182 Å². The minimum atomic E-state index is -1.27. The summed E-state index contributed by atoms with van der Waals surface area (Å²) in [6, 6.07) is 8.99. The van der Waals surface area contributed by atoms with E-state index in [2.05, 4.69) is 0 Å². The third-order valence-corrected chi connectivity index (χ3v) is 5.52. The van der Waals surface area contributed by atoms with Crippen LogP contribution in [0, 0.1) is 17.6 Å². The van der Waals surface area contributed by atoms with Gasteiger partial charge < -0.3 is 14.2 Å². The summed E-state index contributed by atoms with van der Waals surface area (Å²) < 4.78 is 44.9. The molecule has 0 saturated heterocycles. The molecule has 168 valence electrons. The Bertz CT molecular complexity index is 845. The fourth-order valence-corrected chi connectivity index (χ4v) is 3.67. The second-order valence-corrected chi connectivity index (χ2v) is 7.97. The van der Waals surface area contributed by atoms with Crippen molar-refractivity contribution in [3.63, 3.8) is 0 Å². The van der Waals surface area contributed by atoms with E-state index in [0.29, 0.717) is 24.9 Å². The zero-order chi connectivity index (χ0) is 22.1. The monoisotopic (exact) mass is 432 g/mol. The maximum absolute atomic E-state index is 14.4. The van der Waals surface area contributed by atoms with Gasteiger partial charge in [-0.1, -0.05) is 39.0 Å². The van der Waals surface area contributed by atoms with Gasteiger partial charge in [-0.05, 0) is 61.6 Å². The highest BCUT2D eigenvalue weighted by Crippen LogP contribution is 2.27. The minimum absolute atomic E-state index is 0.204. The highest BCUT2D eigenvalue weighted by Gasteiger charge is 2.21. The van der Waals surface area contributed by atoms with Gasteiger partial charge in [0.25, 0.3) is 0 Å². The molecule has 0 spiro atoms. The highest BCUT2D eigenvalue weighted by atomic mass is 19.2. The van der Waals surface area contributed by atoms with E-state index in [4.69, 9.17) is 14.2 Å². The highest BCUT2D eigenvalue weighted by molar-refractivity contribution is 5.91. The van der Waals surface area contributed by atoms with Gasteiger partial charge in [0.05, 0.1) is 18.8 Å². The average Bonchev–Trinajstić information content (AvgIpc) is 2.79. The number of ether oxygens (including phenoxy) is 3. The van der Waals surface area contributed by atoms with Gasteiger partial charge in [0, 0.05) is 0 Å². The lowest BCUT2D eigenvalue weighted by Gasteiger charge is -2.21. The summed E-state index contributed by atoms with van der Waals surface area (Å²) in [5, 5.41) is 0. The molecule has 0 atom stereocenters. The molecule has 1 aliphatic carbocycles. The Morgan fingerprint density at radius 1 is 0.903 bits per heavy atom. The van der Waals surface area contributed by atoms with Crippen LogP contribution in [-0.4, -0.2) is 19.2 Å². The van der Waals surface area contributed by atoms with E-state index in [1.807, 2.05) is 6.92 Å². The Morgan fingerprint density at radius 2 is 1.61 bits per heavy atom. The largest absolute Gasteiger partial charge is 0.493 e. The molecular weight excluding hydrogens is 402 g/mol. The van der Waals surface area contributed by atoms with Crippen LogP contribution in [0.2, 0.25) is 0 Å². The number of hydrogen-bond donors (Lipinski definition) is 0. The molecule has 0 unspecified atom stereocenters. The first kappa shape index (κ1) is 23.0. The number of carbonyl (C=O) groups is 1. The van der Waals surface area contributed by atoms with Crippen molar-refractivity contribution in [1.82, 2.24) is 0 Å². The number of halogens is 2. The van der Waals surface area contributed by atoms with Crippen molar-refractivity contribution in [1.29, 1.82) is 0 Å². The van der Waals surface area contributed by atoms with Crippen LogP contribution < -0.4 is 14.2 Å². The van der Waals surface area contributed by atoms with E-state index in [-0.39, 0.29) is 11.5 Å². The van der Waals surface area contributed by atoms with Crippen LogP contribution in [0.25, 0.3) is 0 Å². The Morgan fingerprint density at radius 3 is 2.32 bits per heavy atom. The first-order valence-electron chi connectivity index (χ1n) is 11.1. The number of esters is 1. The molecule has 0 N–H and O–H groups in total. The van der Waals surface area contributed by atoms with E-state index in [0.717, 1.165) is 19.3 Å². The second-order valence-electron chi connectivity index (χ2n) is 7.97. The summed E-state index contributed by atoms with van der Waals surface area (Å²) >= 11 is 0. The van der Waals surface area contributed by atoms with Crippen molar-refractivity contribution < 1.29 is 27.8 Å². The van der Waals surface area contributed by atoms with Crippen LogP contribution in [0.1, 0.15) is 68.6 Å². The number of benzene rings is 2. The van der Waals surface area contributed by atoms with Crippen molar-refractivity contribution in [2.45, 2.75) is 58.3 Å². The summed E-state index contributed by atoms with van der Waals surface area (Å²) in [4.78, 5) is 12.3. The lowest BCUT2D eigenvalue weighted by atomic mass is 9.90. The van der Waals surface area contributed by atoms with Crippen molar-refractivity contribution >= 4 is 5.97 Å². The van der Waals surface area contributed by atoms with E-state index in [1.54, 1.807) is 24.3 Å². The third-order valence-electron chi connectivity index (χ3n) is 5.52. The molecule has 1 aliphatic rings. The molecule has 0 amide bonds. The Hall–Kier alpha value is -2.63. The lowest BCUT2D eigenvalue weighted by Crippen LogP contribution is -2.15. The molecule has 1 fully saturated rings. The molecule has 6 heteroatoms. The molecule has 0 aliphatic heterocycles. The Balaban J connectivity index is 1.54.